The fraction of sp³-hybridized carbons (Fsp3) is 0.111. The molecule has 2 aromatic carbocycles. The molecule has 1 heterocycles. The number of carbonyl (C=O) groups is 1. The van der Waals surface area contributed by atoms with E-state index >= 15 is 0 Å². The standard InChI is InChI=1S/C18H15N3O5S/c1-12-7-8-14(10-16(12)21(23)24)18(22)20-27(25,26)11-15-5-2-4-13-6-3-9-19-17(13)15/h2-10H,11H2,1H3,(H,20,22). The lowest BCUT2D eigenvalue weighted by atomic mass is 10.1. The maximum Gasteiger partial charge on any atom is 0.273 e. The summed E-state index contributed by atoms with van der Waals surface area (Å²) in [5.41, 5.74) is 0.999. The molecule has 0 unspecified atom stereocenters. The largest absolute Gasteiger partial charge is 0.273 e. The summed E-state index contributed by atoms with van der Waals surface area (Å²) in [4.78, 5) is 26.8. The molecular formula is C18H15N3O5S. The van der Waals surface area contributed by atoms with Crippen molar-refractivity contribution in [2.45, 2.75) is 12.7 Å². The Hall–Kier alpha value is -3.33. The molecule has 1 amide bonds. The van der Waals surface area contributed by atoms with Crippen LogP contribution in [0.4, 0.5) is 5.69 Å². The minimum Gasteiger partial charge on any atom is -0.268 e. The Bertz CT molecular complexity index is 1150. The number of nitrogens with zero attached hydrogens (tertiary/aromatic N) is 2. The van der Waals surface area contributed by atoms with Crippen molar-refractivity contribution >= 4 is 32.5 Å². The molecule has 0 saturated heterocycles. The van der Waals surface area contributed by atoms with Crippen LogP contribution in [0.3, 0.4) is 0 Å². The van der Waals surface area contributed by atoms with Gasteiger partial charge in [-0.1, -0.05) is 30.3 Å². The van der Waals surface area contributed by atoms with Gasteiger partial charge in [0.1, 0.15) is 0 Å². The molecule has 1 N–H and O–H groups in total. The summed E-state index contributed by atoms with van der Waals surface area (Å²) in [5, 5.41) is 11.8. The van der Waals surface area contributed by atoms with Crippen molar-refractivity contribution in [1.29, 1.82) is 0 Å². The molecular weight excluding hydrogens is 370 g/mol. The second-order valence-electron chi connectivity index (χ2n) is 5.94. The van der Waals surface area contributed by atoms with Gasteiger partial charge >= 0.3 is 0 Å². The van der Waals surface area contributed by atoms with Crippen molar-refractivity contribution < 1.29 is 18.1 Å². The molecule has 8 nitrogen and oxygen atoms in total. The second-order valence-corrected chi connectivity index (χ2v) is 7.66. The second kappa shape index (κ2) is 7.12. The Morgan fingerprint density at radius 1 is 1.19 bits per heavy atom. The molecule has 0 saturated carbocycles. The van der Waals surface area contributed by atoms with Crippen molar-refractivity contribution in [2.75, 3.05) is 0 Å². The summed E-state index contributed by atoms with van der Waals surface area (Å²) in [6, 6.07) is 12.5. The van der Waals surface area contributed by atoms with Crippen LogP contribution in [0.1, 0.15) is 21.5 Å². The van der Waals surface area contributed by atoms with Gasteiger partial charge in [-0.15, -0.1) is 0 Å². The molecule has 9 heteroatoms. The minimum atomic E-state index is -4.03. The average molecular weight is 385 g/mol. The van der Waals surface area contributed by atoms with Crippen molar-refractivity contribution in [2.24, 2.45) is 0 Å². The number of nitrogens with one attached hydrogen (secondary N) is 1. The number of amides is 1. The molecule has 0 radical (unpaired) electrons. The lowest BCUT2D eigenvalue weighted by Gasteiger charge is -2.09. The van der Waals surface area contributed by atoms with Crippen molar-refractivity contribution in [3.63, 3.8) is 0 Å². The topological polar surface area (TPSA) is 119 Å². The zero-order valence-electron chi connectivity index (χ0n) is 14.2. The SMILES string of the molecule is Cc1ccc(C(=O)NS(=O)(=O)Cc2cccc3cccnc23)cc1[N+](=O)[O-]. The number of aryl methyl sites for hydroxylation is 1. The Balaban J connectivity index is 1.85. The van der Waals surface area contributed by atoms with Crippen LogP contribution < -0.4 is 4.72 Å². The lowest BCUT2D eigenvalue weighted by Crippen LogP contribution is -2.31. The smallest absolute Gasteiger partial charge is 0.268 e. The number of nitro groups is 1. The van der Waals surface area contributed by atoms with Crippen LogP contribution in [0.5, 0.6) is 0 Å². The Labute approximate surface area is 155 Å². The Morgan fingerprint density at radius 2 is 1.93 bits per heavy atom. The summed E-state index contributed by atoms with van der Waals surface area (Å²) in [5.74, 6) is -1.37. The maximum atomic E-state index is 12.4. The molecule has 0 fully saturated rings. The zero-order valence-corrected chi connectivity index (χ0v) is 15.1. The number of sulfonamides is 1. The Morgan fingerprint density at radius 3 is 2.67 bits per heavy atom. The zero-order chi connectivity index (χ0) is 19.6. The highest BCUT2D eigenvalue weighted by atomic mass is 32.2. The van der Waals surface area contributed by atoms with Crippen LogP contribution in [0.25, 0.3) is 10.9 Å². The van der Waals surface area contributed by atoms with Crippen molar-refractivity contribution in [3.05, 3.63) is 81.5 Å². The van der Waals surface area contributed by atoms with Crippen LogP contribution in [0, 0.1) is 17.0 Å². The number of hydrogen-bond donors (Lipinski definition) is 1. The van der Waals surface area contributed by atoms with Crippen LogP contribution in [-0.4, -0.2) is 24.2 Å². The van der Waals surface area contributed by atoms with Gasteiger partial charge in [-0.2, -0.15) is 0 Å². The number of hydrogen-bond acceptors (Lipinski definition) is 6. The van der Waals surface area contributed by atoms with Crippen LogP contribution in [0.15, 0.2) is 54.7 Å². The summed E-state index contributed by atoms with van der Waals surface area (Å²) in [7, 11) is -4.03. The molecule has 0 bridgehead atoms. The van der Waals surface area contributed by atoms with Gasteiger partial charge in [0.15, 0.2) is 0 Å². The summed E-state index contributed by atoms with van der Waals surface area (Å²) < 4.78 is 26.8. The van der Waals surface area contributed by atoms with E-state index < -0.39 is 26.6 Å². The van der Waals surface area contributed by atoms with E-state index in [0.29, 0.717) is 16.6 Å². The van der Waals surface area contributed by atoms with E-state index in [4.69, 9.17) is 0 Å². The first-order valence-corrected chi connectivity index (χ1v) is 9.54. The average Bonchev–Trinajstić information content (AvgIpc) is 2.61. The monoisotopic (exact) mass is 385 g/mol. The number of para-hydroxylation sites is 1. The van der Waals surface area contributed by atoms with E-state index in [9.17, 15) is 23.3 Å². The van der Waals surface area contributed by atoms with Crippen LogP contribution in [-0.2, 0) is 15.8 Å². The summed E-state index contributed by atoms with van der Waals surface area (Å²) in [6.07, 6.45) is 1.56. The fourth-order valence-electron chi connectivity index (χ4n) is 2.67. The number of aromatic nitrogens is 1. The highest BCUT2D eigenvalue weighted by Crippen LogP contribution is 2.20. The molecule has 0 aliphatic carbocycles. The minimum absolute atomic E-state index is 0.105. The van der Waals surface area contributed by atoms with Crippen LogP contribution >= 0.6 is 0 Å². The van der Waals surface area contributed by atoms with Gasteiger partial charge in [0, 0.05) is 28.8 Å². The Kier molecular flexibility index (Phi) is 4.87. The number of rotatable bonds is 5. The van der Waals surface area contributed by atoms with E-state index in [2.05, 4.69) is 4.98 Å². The van der Waals surface area contributed by atoms with E-state index in [0.717, 1.165) is 11.5 Å². The van der Waals surface area contributed by atoms with Crippen molar-refractivity contribution in [1.82, 2.24) is 9.71 Å². The van der Waals surface area contributed by atoms with Gasteiger partial charge < -0.3 is 0 Å². The van der Waals surface area contributed by atoms with Gasteiger partial charge in [-0.3, -0.25) is 19.9 Å². The van der Waals surface area contributed by atoms with Gasteiger partial charge in [0.05, 0.1) is 16.2 Å². The molecule has 0 atom stereocenters. The molecule has 0 spiro atoms. The van der Waals surface area contributed by atoms with E-state index in [1.807, 2.05) is 16.9 Å². The number of pyridine rings is 1. The third-order valence-electron chi connectivity index (χ3n) is 3.98. The highest BCUT2D eigenvalue weighted by Gasteiger charge is 2.21. The number of nitro benzene ring substituents is 1. The molecule has 3 aromatic rings. The summed E-state index contributed by atoms with van der Waals surface area (Å²) >= 11 is 0. The number of carbonyl (C=O) groups excluding carboxylic acids is 1. The summed E-state index contributed by atoms with van der Waals surface area (Å²) in [6.45, 7) is 1.53. The third-order valence-corrected chi connectivity index (χ3v) is 5.17. The quantitative estimate of drug-likeness (QED) is 0.533. The molecule has 0 aliphatic heterocycles. The van der Waals surface area contributed by atoms with Crippen LogP contribution in [0.2, 0.25) is 0 Å². The highest BCUT2D eigenvalue weighted by molar-refractivity contribution is 7.89. The predicted octanol–water partition coefficient (Wildman–Crippen LogP) is 2.71. The van der Waals surface area contributed by atoms with E-state index in [1.54, 1.807) is 24.4 Å². The molecule has 3 rings (SSSR count). The molecule has 1 aromatic heterocycles. The normalized spacial score (nSPS) is 11.3. The van der Waals surface area contributed by atoms with E-state index in [1.165, 1.54) is 19.1 Å². The van der Waals surface area contributed by atoms with E-state index in [-0.39, 0.29) is 11.3 Å². The number of benzene rings is 2. The first-order chi connectivity index (χ1) is 12.8. The first kappa shape index (κ1) is 18.5. The molecule has 27 heavy (non-hydrogen) atoms. The predicted molar refractivity (Wildman–Crippen MR) is 99.7 cm³/mol. The fourth-order valence-corrected chi connectivity index (χ4v) is 3.79. The van der Waals surface area contributed by atoms with Gasteiger partial charge in [-0.05, 0) is 24.6 Å². The third kappa shape index (κ3) is 4.09. The van der Waals surface area contributed by atoms with Gasteiger partial charge in [-0.25, -0.2) is 13.1 Å². The first-order valence-electron chi connectivity index (χ1n) is 7.89. The molecule has 0 aliphatic rings. The lowest BCUT2D eigenvalue weighted by molar-refractivity contribution is -0.385. The van der Waals surface area contributed by atoms with Gasteiger partial charge in [0.25, 0.3) is 11.6 Å². The molecule has 138 valence electrons. The van der Waals surface area contributed by atoms with Gasteiger partial charge in [0.2, 0.25) is 10.0 Å². The maximum absolute atomic E-state index is 12.4. The van der Waals surface area contributed by atoms with Crippen molar-refractivity contribution in [3.8, 4) is 0 Å². The number of fused-ring (bicyclic) bond motifs is 1.